The number of ether oxygens (including phenoxy) is 2. The number of hydrogen-bond donors (Lipinski definition) is 0. The van der Waals surface area contributed by atoms with Crippen molar-refractivity contribution in [1.29, 1.82) is 0 Å². The molecule has 5 nitrogen and oxygen atoms in total. The summed E-state index contributed by atoms with van der Waals surface area (Å²) in [6, 6.07) is 0. The molecule has 1 aliphatic carbocycles. The van der Waals surface area contributed by atoms with Crippen molar-refractivity contribution in [2.24, 2.45) is 0 Å². The number of esters is 1. The molecule has 2 rings (SSSR count). The third-order valence-corrected chi connectivity index (χ3v) is 3.38. The Kier molecular flexibility index (Phi) is 4.40. The minimum Gasteiger partial charge on any atom is -0.461 e. The van der Waals surface area contributed by atoms with Crippen LogP contribution in [0.2, 0.25) is 0 Å². The summed E-state index contributed by atoms with van der Waals surface area (Å²) in [6.45, 7) is 7.45. The molecule has 0 fully saturated rings. The molecule has 1 aliphatic rings. The highest BCUT2D eigenvalue weighted by Crippen LogP contribution is 2.27. The topological polar surface area (TPSA) is 57.5 Å². The average molecular weight is 293 g/mol. The molecule has 1 heterocycles. The van der Waals surface area contributed by atoms with E-state index in [1.807, 2.05) is 0 Å². The van der Waals surface area contributed by atoms with E-state index in [1.54, 1.807) is 33.9 Å². The summed E-state index contributed by atoms with van der Waals surface area (Å²) in [5, 5.41) is 0. The Labute approximate surface area is 125 Å². The highest BCUT2D eigenvalue weighted by Gasteiger charge is 2.29. The lowest BCUT2D eigenvalue weighted by Crippen LogP contribution is -2.29. The van der Waals surface area contributed by atoms with E-state index >= 15 is 0 Å². The second-order valence-corrected chi connectivity index (χ2v) is 6.26. The van der Waals surface area contributed by atoms with E-state index in [1.165, 1.54) is 4.57 Å². The molecule has 116 valence electrons. The lowest BCUT2D eigenvalue weighted by Gasteiger charge is -2.20. The summed E-state index contributed by atoms with van der Waals surface area (Å²) in [6.07, 6.45) is 5.00. The Morgan fingerprint density at radius 1 is 1.24 bits per heavy atom. The molecule has 0 atom stereocenters. The molecule has 0 aromatic carbocycles. The SMILES string of the molecule is CCOC(=O)c1c2c(cn1C(=O)OC(C)(C)C)CCCC2. The molecule has 1 aromatic heterocycles. The summed E-state index contributed by atoms with van der Waals surface area (Å²) in [4.78, 5) is 24.6. The van der Waals surface area contributed by atoms with Gasteiger partial charge >= 0.3 is 12.1 Å². The molecule has 5 heteroatoms. The molecule has 0 aliphatic heterocycles. The number of nitrogens with zero attached hydrogens (tertiary/aromatic N) is 1. The Hall–Kier alpha value is -1.78. The molecule has 0 unspecified atom stereocenters. The molecule has 0 saturated carbocycles. The van der Waals surface area contributed by atoms with Crippen LogP contribution in [0.3, 0.4) is 0 Å². The minimum absolute atomic E-state index is 0.285. The van der Waals surface area contributed by atoms with Gasteiger partial charge < -0.3 is 9.47 Å². The zero-order valence-corrected chi connectivity index (χ0v) is 13.2. The average Bonchev–Trinajstić information content (AvgIpc) is 2.76. The quantitative estimate of drug-likeness (QED) is 0.785. The molecule has 21 heavy (non-hydrogen) atoms. The third-order valence-electron chi connectivity index (χ3n) is 3.38. The van der Waals surface area contributed by atoms with Crippen molar-refractivity contribution in [1.82, 2.24) is 4.57 Å². The van der Waals surface area contributed by atoms with E-state index in [0.717, 1.165) is 36.8 Å². The van der Waals surface area contributed by atoms with Gasteiger partial charge in [0, 0.05) is 6.20 Å². The maximum Gasteiger partial charge on any atom is 0.419 e. The predicted octanol–water partition coefficient (Wildman–Crippen LogP) is 3.33. The van der Waals surface area contributed by atoms with Crippen molar-refractivity contribution in [3.05, 3.63) is 23.0 Å². The van der Waals surface area contributed by atoms with Gasteiger partial charge in [-0.2, -0.15) is 0 Å². The van der Waals surface area contributed by atoms with E-state index in [0.29, 0.717) is 5.69 Å². The zero-order chi connectivity index (χ0) is 15.6. The van der Waals surface area contributed by atoms with Gasteiger partial charge in [0.15, 0.2) is 0 Å². The van der Waals surface area contributed by atoms with Crippen molar-refractivity contribution in [2.75, 3.05) is 6.61 Å². The van der Waals surface area contributed by atoms with Gasteiger partial charge in [0.25, 0.3) is 0 Å². The van der Waals surface area contributed by atoms with Gasteiger partial charge in [-0.25, -0.2) is 14.2 Å². The summed E-state index contributed by atoms with van der Waals surface area (Å²) >= 11 is 0. The van der Waals surface area contributed by atoms with Gasteiger partial charge in [0.2, 0.25) is 0 Å². The Balaban J connectivity index is 2.42. The molecule has 0 bridgehead atoms. The molecule has 0 radical (unpaired) electrons. The van der Waals surface area contributed by atoms with Crippen molar-refractivity contribution in [2.45, 2.75) is 59.0 Å². The van der Waals surface area contributed by atoms with Crippen molar-refractivity contribution < 1.29 is 19.1 Å². The summed E-state index contributed by atoms with van der Waals surface area (Å²) in [5.41, 5.74) is 1.72. The monoisotopic (exact) mass is 293 g/mol. The standard InChI is InChI=1S/C16H23NO4/c1-5-20-14(18)13-12-9-7-6-8-11(12)10-17(13)15(19)21-16(2,3)4/h10H,5-9H2,1-4H3. The summed E-state index contributed by atoms with van der Waals surface area (Å²) < 4.78 is 11.8. The number of hydrogen-bond acceptors (Lipinski definition) is 4. The van der Waals surface area contributed by atoms with Crippen LogP contribution in [0.15, 0.2) is 6.20 Å². The van der Waals surface area contributed by atoms with E-state index < -0.39 is 17.7 Å². The van der Waals surface area contributed by atoms with Crippen LogP contribution in [0.4, 0.5) is 4.79 Å². The fourth-order valence-corrected chi connectivity index (χ4v) is 2.58. The first-order valence-corrected chi connectivity index (χ1v) is 7.47. The van der Waals surface area contributed by atoms with Gasteiger partial charge in [0.1, 0.15) is 11.3 Å². The smallest absolute Gasteiger partial charge is 0.419 e. The summed E-state index contributed by atoms with van der Waals surface area (Å²) in [7, 11) is 0. The highest BCUT2D eigenvalue weighted by molar-refractivity contribution is 5.94. The minimum atomic E-state index is -0.603. The normalized spacial score (nSPS) is 14.5. The van der Waals surface area contributed by atoms with Crippen LogP contribution >= 0.6 is 0 Å². The fraction of sp³-hybridized carbons (Fsp3) is 0.625. The van der Waals surface area contributed by atoms with Crippen LogP contribution in [0.5, 0.6) is 0 Å². The zero-order valence-electron chi connectivity index (χ0n) is 13.2. The maximum absolute atomic E-state index is 12.3. The van der Waals surface area contributed by atoms with Gasteiger partial charge in [-0.05, 0) is 64.5 Å². The van der Waals surface area contributed by atoms with Crippen molar-refractivity contribution in [3.8, 4) is 0 Å². The van der Waals surface area contributed by atoms with Crippen LogP contribution in [-0.2, 0) is 22.3 Å². The van der Waals surface area contributed by atoms with Gasteiger partial charge in [0.05, 0.1) is 6.61 Å². The molecule has 1 aromatic rings. The van der Waals surface area contributed by atoms with Gasteiger partial charge in [-0.15, -0.1) is 0 Å². The number of carbonyl (C=O) groups is 2. The van der Waals surface area contributed by atoms with Crippen molar-refractivity contribution in [3.63, 3.8) is 0 Å². The number of carbonyl (C=O) groups excluding carboxylic acids is 2. The molecular weight excluding hydrogens is 270 g/mol. The lowest BCUT2D eigenvalue weighted by molar-refractivity contribution is 0.0448. The fourth-order valence-electron chi connectivity index (χ4n) is 2.58. The first kappa shape index (κ1) is 15.6. The largest absolute Gasteiger partial charge is 0.461 e. The van der Waals surface area contributed by atoms with E-state index in [4.69, 9.17) is 9.47 Å². The van der Waals surface area contributed by atoms with Crippen LogP contribution in [0.1, 0.15) is 62.2 Å². The highest BCUT2D eigenvalue weighted by atomic mass is 16.6. The maximum atomic E-state index is 12.3. The van der Waals surface area contributed by atoms with Crippen LogP contribution in [0, 0.1) is 0 Å². The number of rotatable bonds is 2. The summed E-state index contributed by atoms with van der Waals surface area (Å²) in [5.74, 6) is -0.452. The molecule has 0 N–H and O–H groups in total. The van der Waals surface area contributed by atoms with E-state index in [2.05, 4.69) is 0 Å². The van der Waals surface area contributed by atoms with E-state index in [9.17, 15) is 9.59 Å². The molecular formula is C16H23NO4. The van der Waals surface area contributed by atoms with Crippen LogP contribution in [-0.4, -0.2) is 28.8 Å². The number of aryl methyl sites for hydroxylation is 1. The van der Waals surface area contributed by atoms with Crippen LogP contribution in [0.25, 0.3) is 0 Å². The van der Waals surface area contributed by atoms with Crippen LogP contribution < -0.4 is 0 Å². The van der Waals surface area contributed by atoms with Gasteiger partial charge in [-0.1, -0.05) is 0 Å². The molecule has 0 saturated heterocycles. The molecule has 0 spiro atoms. The second kappa shape index (κ2) is 5.92. The lowest BCUT2D eigenvalue weighted by atomic mass is 9.94. The predicted molar refractivity (Wildman–Crippen MR) is 78.7 cm³/mol. The molecule has 0 amide bonds. The Morgan fingerprint density at radius 2 is 1.90 bits per heavy atom. The number of fused-ring (bicyclic) bond motifs is 1. The third kappa shape index (κ3) is 3.46. The van der Waals surface area contributed by atoms with Crippen molar-refractivity contribution >= 4 is 12.1 Å². The Morgan fingerprint density at radius 3 is 2.52 bits per heavy atom. The van der Waals surface area contributed by atoms with Gasteiger partial charge in [-0.3, -0.25) is 0 Å². The first-order valence-electron chi connectivity index (χ1n) is 7.47. The second-order valence-electron chi connectivity index (χ2n) is 6.26. The Bertz CT molecular complexity index is 551. The van der Waals surface area contributed by atoms with E-state index in [-0.39, 0.29) is 6.61 Å². The number of aromatic nitrogens is 1. The first-order chi connectivity index (χ1) is 9.83.